The molecule has 0 unspecified atom stereocenters. The summed E-state index contributed by atoms with van der Waals surface area (Å²) in [6.07, 6.45) is 3.25. The number of piperazine rings is 1. The Morgan fingerprint density at radius 3 is 2.22 bits per heavy atom. The molecule has 1 aromatic carbocycles. The van der Waals surface area contributed by atoms with E-state index in [1.807, 2.05) is 24.3 Å². The summed E-state index contributed by atoms with van der Waals surface area (Å²) in [5, 5.41) is 2.89. The number of benzene rings is 1. The van der Waals surface area contributed by atoms with Crippen molar-refractivity contribution in [1.29, 1.82) is 0 Å². The minimum Gasteiger partial charge on any atom is -0.353 e. The number of nitrogens with zero attached hydrogens (tertiary/aromatic N) is 4. The molecule has 1 saturated heterocycles. The van der Waals surface area contributed by atoms with Crippen LogP contribution in [0.25, 0.3) is 0 Å². The zero-order valence-electron chi connectivity index (χ0n) is 16.7. The lowest BCUT2D eigenvalue weighted by Crippen LogP contribution is -2.46. The van der Waals surface area contributed by atoms with Crippen molar-refractivity contribution in [2.24, 2.45) is 0 Å². The van der Waals surface area contributed by atoms with Crippen LogP contribution in [0.4, 0.5) is 11.5 Å². The summed E-state index contributed by atoms with van der Waals surface area (Å²) in [5.74, 6) is 0.588. The quantitative estimate of drug-likeness (QED) is 0.899. The van der Waals surface area contributed by atoms with Gasteiger partial charge in [-0.05, 0) is 29.7 Å². The van der Waals surface area contributed by atoms with E-state index < -0.39 is 0 Å². The molecular weight excluding hydrogens is 338 g/mol. The summed E-state index contributed by atoms with van der Waals surface area (Å²) >= 11 is 0. The first-order valence-corrected chi connectivity index (χ1v) is 9.58. The Morgan fingerprint density at radius 1 is 1.04 bits per heavy atom. The van der Waals surface area contributed by atoms with Crippen LogP contribution < -0.4 is 10.2 Å². The summed E-state index contributed by atoms with van der Waals surface area (Å²) in [5.41, 5.74) is 2.40. The molecule has 0 bridgehead atoms. The van der Waals surface area contributed by atoms with E-state index >= 15 is 0 Å². The van der Waals surface area contributed by atoms with Crippen LogP contribution in [0.1, 0.15) is 43.7 Å². The minimum absolute atomic E-state index is 0.0897. The third-order valence-electron chi connectivity index (χ3n) is 5.02. The van der Waals surface area contributed by atoms with Gasteiger partial charge in [-0.3, -0.25) is 4.79 Å². The van der Waals surface area contributed by atoms with Crippen molar-refractivity contribution in [3.05, 3.63) is 47.9 Å². The van der Waals surface area contributed by atoms with Gasteiger partial charge in [0.2, 0.25) is 0 Å². The molecule has 0 spiro atoms. The second kappa shape index (κ2) is 8.05. The fourth-order valence-electron chi connectivity index (χ4n) is 3.14. The number of hydrogen-bond donors (Lipinski definition) is 1. The van der Waals surface area contributed by atoms with Crippen molar-refractivity contribution in [1.82, 2.24) is 14.9 Å². The third kappa shape index (κ3) is 4.83. The highest BCUT2D eigenvalue weighted by molar-refractivity contribution is 6.02. The standard InChI is InChI=1S/C21H29N5O/c1-5-25-10-12-26(13-11-25)19-15-22-18(14-23-19)20(27)24-17-8-6-16(7-9-17)21(2,3)4/h6-9,14-15H,5,10-13H2,1-4H3,(H,24,27). The van der Waals surface area contributed by atoms with Crippen LogP contribution in [-0.2, 0) is 5.41 Å². The first kappa shape index (κ1) is 19.3. The van der Waals surface area contributed by atoms with Crippen molar-refractivity contribution in [3.63, 3.8) is 0 Å². The molecule has 27 heavy (non-hydrogen) atoms. The molecule has 0 aliphatic carbocycles. The molecule has 3 rings (SSSR count). The normalized spacial score (nSPS) is 15.6. The second-order valence-corrected chi connectivity index (χ2v) is 7.96. The minimum atomic E-state index is -0.242. The van der Waals surface area contributed by atoms with Gasteiger partial charge in [-0.25, -0.2) is 9.97 Å². The van der Waals surface area contributed by atoms with E-state index in [1.54, 1.807) is 12.4 Å². The SMILES string of the molecule is CCN1CCN(c2cnc(C(=O)Nc3ccc(C(C)(C)C)cc3)cn2)CC1. The molecule has 1 fully saturated rings. The Kier molecular flexibility index (Phi) is 5.75. The van der Waals surface area contributed by atoms with Gasteiger partial charge in [-0.15, -0.1) is 0 Å². The van der Waals surface area contributed by atoms with E-state index in [0.29, 0.717) is 5.69 Å². The molecule has 1 aromatic heterocycles. The number of anilines is 2. The Labute approximate surface area is 161 Å². The highest BCUT2D eigenvalue weighted by Gasteiger charge is 2.18. The molecule has 2 heterocycles. The maximum absolute atomic E-state index is 12.4. The lowest BCUT2D eigenvalue weighted by Gasteiger charge is -2.34. The smallest absolute Gasteiger partial charge is 0.275 e. The van der Waals surface area contributed by atoms with Gasteiger partial charge < -0.3 is 15.1 Å². The molecule has 1 N–H and O–H groups in total. The molecular formula is C21H29N5O. The van der Waals surface area contributed by atoms with Crippen LogP contribution in [-0.4, -0.2) is 53.5 Å². The van der Waals surface area contributed by atoms with E-state index in [9.17, 15) is 4.79 Å². The largest absolute Gasteiger partial charge is 0.353 e. The summed E-state index contributed by atoms with van der Waals surface area (Å²) in [6, 6.07) is 7.93. The highest BCUT2D eigenvalue weighted by atomic mass is 16.1. The number of nitrogens with one attached hydrogen (secondary N) is 1. The number of carbonyl (C=O) groups excluding carboxylic acids is 1. The maximum atomic E-state index is 12.4. The topological polar surface area (TPSA) is 61.4 Å². The van der Waals surface area contributed by atoms with Crippen LogP contribution in [0.15, 0.2) is 36.7 Å². The van der Waals surface area contributed by atoms with Crippen molar-refractivity contribution in [3.8, 4) is 0 Å². The molecule has 144 valence electrons. The first-order chi connectivity index (χ1) is 12.9. The van der Waals surface area contributed by atoms with Crippen LogP contribution in [0.5, 0.6) is 0 Å². The van der Waals surface area contributed by atoms with E-state index in [4.69, 9.17) is 0 Å². The summed E-state index contributed by atoms with van der Waals surface area (Å²) in [4.78, 5) is 25.8. The molecule has 0 radical (unpaired) electrons. The lowest BCUT2D eigenvalue weighted by molar-refractivity contribution is 0.102. The van der Waals surface area contributed by atoms with E-state index in [0.717, 1.165) is 44.2 Å². The predicted octanol–water partition coefficient (Wildman–Crippen LogP) is 3.17. The lowest BCUT2D eigenvalue weighted by atomic mass is 9.87. The number of amides is 1. The van der Waals surface area contributed by atoms with Gasteiger partial charge in [0.05, 0.1) is 12.4 Å². The second-order valence-electron chi connectivity index (χ2n) is 7.96. The van der Waals surface area contributed by atoms with Gasteiger partial charge in [0.1, 0.15) is 11.5 Å². The van der Waals surface area contributed by atoms with Gasteiger partial charge in [0, 0.05) is 31.9 Å². The summed E-state index contributed by atoms with van der Waals surface area (Å²) in [6.45, 7) is 13.7. The molecule has 1 aliphatic rings. The zero-order valence-corrected chi connectivity index (χ0v) is 16.7. The molecule has 1 aliphatic heterocycles. The maximum Gasteiger partial charge on any atom is 0.275 e. The van der Waals surface area contributed by atoms with Crippen LogP contribution in [0.2, 0.25) is 0 Å². The third-order valence-corrected chi connectivity index (χ3v) is 5.02. The number of carbonyl (C=O) groups is 1. The van der Waals surface area contributed by atoms with Crippen molar-refractivity contribution < 1.29 is 4.79 Å². The number of rotatable bonds is 4. The van der Waals surface area contributed by atoms with Crippen LogP contribution >= 0.6 is 0 Å². The first-order valence-electron chi connectivity index (χ1n) is 9.58. The molecule has 6 nitrogen and oxygen atoms in total. The van der Waals surface area contributed by atoms with Gasteiger partial charge >= 0.3 is 0 Å². The van der Waals surface area contributed by atoms with Gasteiger partial charge in [0.25, 0.3) is 5.91 Å². The number of hydrogen-bond acceptors (Lipinski definition) is 5. The Bertz CT molecular complexity index is 757. The van der Waals surface area contributed by atoms with E-state index in [2.05, 4.69) is 52.8 Å². The van der Waals surface area contributed by atoms with Gasteiger partial charge in [-0.2, -0.15) is 0 Å². The summed E-state index contributed by atoms with van der Waals surface area (Å²) < 4.78 is 0. The number of aromatic nitrogens is 2. The molecule has 6 heteroatoms. The van der Waals surface area contributed by atoms with Crippen molar-refractivity contribution in [2.45, 2.75) is 33.1 Å². The molecule has 1 amide bonds. The average molecular weight is 367 g/mol. The van der Waals surface area contributed by atoms with E-state index in [-0.39, 0.29) is 11.3 Å². The molecule has 2 aromatic rings. The average Bonchev–Trinajstić information content (AvgIpc) is 2.68. The summed E-state index contributed by atoms with van der Waals surface area (Å²) in [7, 11) is 0. The van der Waals surface area contributed by atoms with Crippen LogP contribution in [0, 0.1) is 0 Å². The van der Waals surface area contributed by atoms with Crippen molar-refractivity contribution >= 4 is 17.4 Å². The highest BCUT2D eigenvalue weighted by Crippen LogP contribution is 2.23. The number of likely N-dealkylation sites (N-methyl/N-ethyl adjacent to an activating group) is 1. The fourth-order valence-corrected chi connectivity index (χ4v) is 3.14. The van der Waals surface area contributed by atoms with Crippen molar-refractivity contribution in [2.75, 3.05) is 42.9 Å². The zero-order chi connectivity index (χ0) is 19.4. The molecule has 0 atom stereocenters. The van der Waals surface area contributed by atoms with Gasteiger partial charge in [0.15, 0.2) is 0 Å². The van der Waals surface area contributed by atoms with Gasteiger partial charge in [-0.1, -0.05) is 39.8 Å². The monoisotopic (exact) mass is 367 g/mol. The Hall–Kier alpha value is -2.47. The van der Waals surface area contributed by atoms with Crippen LogP contribution in [0.3, 0.4) is 0 Å². The van der Waals surface area contributed by atoms with E-state index in [1.165, 1.54) is 5.56 Å². The predicted molar refractivity (Wildman–Crippen MR) is 109 cm³/mol. The Morgan fingerprint density at radius 2 is 1.70 bits per heavy atom. The Balaban J connectivity index is 1.61. The fraction of sp³-hybridized carbons (Fsp3) is 0.476. The molecule has 0 saturated carbocycles.